The molecule has 0 aliphatic carbocycles. The molecule has 4 amide bonds. The van der Waals surface area contributed by atoms with Gasteiger partial charge in [0.05, 0.1) is 5.02 Å². The summed E-state index contributed by atoms with van der Waals surface area (Å²) >= 11 is 8.98. The zero-order chi connectivity index (χ0) is 18.4. The van der Waals surface area contributed by atoms with Crippen LogP contribution in [0.2, 0.25) is 5.02 Å². The minimum Gasteiger partial charge on any atom is -0.352 e. The summed E-state index contributed by atoms with van der Waals surface area (Å²) < 4.78 is 0.872. The van der Waals surface area contributed by atoms with Crippen molar-refractivity contribution in [3.05, 3.63) is 34.2 Å². The Hall–Kier alpha value is -1.97. The third kappa shape index (κ3) is 5.00. The quantitative estimate of drug-likeness (QED) is 0.556. The maximum Gasteiger partial charge on any atom is 0.312 e. The standard InChI is InChI=1S/C15H17ClN4O3S2/c1-24-7-6-9(18-15(17)23)13(21)19-20-14(22)12-11(16)8-4-2-3-5-10(8)25-12/h2-5,9H,6-7H2,1H3,(H,19,21)(H,20,22)(H3,17,18,23)/t9-/m0/s1. The molecule has 25 heavy (non-hydrogen) atoms. The molecule has 0 aliphatic rings. The van der Waals surface area contributed by atoms with Gasteiger partial charge in [0.1, 0.15) is 10.9 Å². The molecule has 0 fully saturated rings. The summed E-state index contributed by atoms with van der Waals surface area (Å²) in [6, 6.07) is 5.72. The van der Waals surface area contributed by atoms with Crippen LogP contribution in [-0.2, 0) is 4.79 Å². The first-order valence-electron chi connectivity index (χ1n) is 7.26. The number of rotatable bonds is 6. The number of urea groups is 1. The summed E-state index contributed by atoms with van der Waals surface area (Å²) in [5.74, 6) is -0.435. The van der Waals surface area contributed by atoms with Gasteiger partial charge in [0.2, 0.25) is 0 Å². The summed E-state index contributed by atoms with van der Waals surface area (Å²) in [6.07, 6.45) is 2.26. The molecule has 2 aromatic rings. The van der Waals surface area contributed by atoms with E-state index in [2.05, 4.69) is 16.2 Å². The van der Waals surface area contributed by atoms with Gasteiger partial charge < -0.3 is 11.1 Å². The molecule has 134 valence electrons. The predicted octanol–water partition coefficient (Wildman–Crippen LogP) is 2.11. The average Bonchev–Trinajstić information content (AvgIpc) is 2.93. The first-order chi connectivity index (χ1) is 11.9. The monoisotopic (exact) mass is 400 g/mol. The molecule has 0 spiro atoms. The average molecular weight is 401 g/mol. The van der Waals surface area contributed by atoms with Crippen molar-refractivity contribution in [2.24, 2.45) is 5.73 Å². The molecule has 1 aromatic heterocycles. The van der Waals surface area contributed by atoms with E-state index in [1.807, 2.05) is 30.5 Å². The summed E-state index contributed by atoms with van der Waals surface area (Å²) in [4.78, 5) is 35.7. The molecule has 7 nitrogen and oxygen atoms in total. The Kier molecular flexibility index (Phi) is 6.91. The summed E-state index contributed by atoms with van der Waals surface area (Å²) in [7, 11) is 0. The molecule has 1 atom stereocenters. The number of halogens is 1. The predicted molar refractivity (Wildman–Crippen MR) is 102 cm³/mol. The van der Waals surface area contributed by atoms with Crippen LogP contribution in [0.1, 0.15) is 16.1 Å². The van der Waals surface area contributed by atoms with Crippen molar-refractivity contribution in [1.82, 2.24) is 16.2 Å². The number of carbonyl (C=O) groups is 3. The topological polar surface area (TPSA) is 113 Å². The Morgan fingerprint density at radius 1 is 1.28 bits per heavy atom. The fourth-order valence-corrected chi connectivity index (χ4v) is 3.98. The molecule has 0 unspecified atom stereocenters. The number of benzene rings is 1. The Morgan fingerprint density at radius 2 is 2.00 bits per heavy atom. The molecule has 10 heteroatoms. The van der Waals surface area contributed by atoms with E-state index in [0.29, 0.717) is 22.1 Å². The van der Waals surface area contributed by atoms with Crippen molar-refractivity contribution >= 4 is 62.6 Å². The third-order valence-corrected chi connectivity index (χ3v) is 5.60. The van der Waals surface area contributed by atoms with Gasteiger partial charge in [-0.1, -0.05) is 29.8 Å². The lowest BCUT2D eigenvalue weighted by Crippen LogP contribution is -2.53. The number of hydrazine groups is 1. The van der Waals surface area contributed by atoms with Crippen molar-refractivity contribution in [3.8, 4) is 0 Å². The number of primary amides is 1. The fraction of sp³-hybridized carbons (Fsp3) is 0.267. The normalized spacial score (nSPS) is 11.8. The zero-order valence-electron chi connectivity index (χ0n) is 13.3. The smallest absolute Gasteiger partial charge is 0.312 e. The number of fused-ring (bicyclic) bond motifs is 1. The zero-order valence-corrected chi connectivity index (χ0v) is 15.7. The number of nitrogens with two attached hydrogens (primary N) is 1. The number of thiophene rings is 1. The maximum atomic E-state index is 12.3. The highest BCUT2D eigenvalue weighted by Crippen LogP contribution is 2.34. The number of hydrogen-bond donors (Lipinski definition) is 4. The van der Waals surface area contributed by atoms with Crippen LogP contribution in [-0.4, -0.2) is 35.9 Å². The third-order valence-electron chi connectivity index (χ3n) is 3.28. The van der Waals surface area contributed by atoms with Crippen molar-refractivity contribution in [2.75, 3.05) is 12.0 Å². The molecule has 0 saturated heterocycles. The van der Waals surface area contributed by atoms with E-state index < -0.39 is 23.9 Å². The summed E-state index contributed by atoms with van der Waals surface area (Å²) in [5, 5.41) is 3.46. The molecule has 1 heterocycles. The van der Waals surface area contributed by atoms with Crippen molar-refractivity contribution in [2.45, 2.75) is 12.5 Å². The summed E-state index contributed by atoms with van der Waals surface area (Å²) in [6.45, 7) is 0. The van der Waals surface area contributed by atoms with Crippen LogP contribution in [0.5, 0.6) is 0 Å². The Bertz CT molecular complexity index is 796. The Balaban J connectivity index is 2.02. The lowest BCUT2D eigenvalue weighted by molar-refractivity contribution is -0.123. The maximum absolute atomic E-state index is 12.3. The molecular weight excluding hydrogens is 384 g/mol. The number of hydrogen-bond acceptors (Lipinski definition) is 5. The highest BCUT2D eigenvalue weighted by atomic mass is 35.5. The number of thioether (sulfide) groups is 1. The van der Waals surface area contributed by atoms with Gasteiger partial charge in [0.25, 0.3) is 11.8 Å². The van der Waals surface area contributed by atoms with E-state index in [4.69, 9.17) is 17.3 Å². The van der Waals surface area contributed by atoms with Gasteiger partial charge in [-0.25, -0.2) is 4.79 Å². The van der Waals surface area contributed by atoms with E-state index in [9.17, 15) is 14.4 Å². The largest absolute Gasteiger partial charge is 0.352 e. The molecule has 2 rings (SSSR count). The van der Waals surface area contributed by atoms with Gasteiger partial charge in [-0.15, -0.1) is 11.3 Å². The van der Waals surface area contributed by atoms with Gasteiger partial charge in [0.15, 0.2) is 0 Å². The fourth-order valence-electron chi connectivity index (χ4n) is 2.10. The van der Waals surface area contributed by atoms with Crippen molar-refractivity contribution < 1.29 is 14.4 Å². The number of carbonyl (C=O) groups excluding carboxylic acids is 3. The van der Waals surface area contributed by atoms with E-state index in [1.54, 1.807) is 0 Å². The molecule has 1 aromatic carbocycles. The van der Waals surface area contributed by atoms with Crippen molar-refractivity contribution in [1.29, 1.82) is 0 Å². The molecule has 0 aliphatic heterocycles. The Labute approximate surface area is 157 Å². The second kappa shape index (κ2) is 8.93. The van der Waals surface area contributed by atoms with Gasteiger partial charge >= 0.3 is 6.03 Å². The lowest BCUT2D eigenvalue weighted by Gasteiger charge is -2.17. The number of nitrogens with one attached hydrogen (secondary N) is 3. The van der Waals surface area contributed by atoms with E-state index in [1.165, 1.54) is 23.1 Å². The molecule has 0 radical (unpaired) electrons. The van der Waals surface area contributed by atoms with Crippen LogP contribution < -0.4 is 21.9 Å². The van der Waals surface area contributed by atoms with Crippen LogP contribution in [0.15, 0.2) is 24.3 Å². The first kappa shape index (κ1) is 19.4. The van der Waals surface area contributed by atoms with Gasteiger partial charge in [-0.3, -0.25) is 20.4 Å². The van der Waals surface area contributed by atoms with Gasteiger partial charge in [-0.05, 0) is 24.5 Å². The minimum absolute atomic E-state index is 0.298. The number of amides is 4. The summed E-state index contributed by atoms with van der Waals surface area (Å²) in [5.41, 5.74) is 9.69. The molecular formula is C15H17ClN4O3S2. The van der Waals surface area contributed by atoms with E-state index in [-0.39, 0.29) is 0 Å². The Morgan fingerprint density at radius 3 is 2.64 bits per heavy atom. The van der Waals surface area contributed by atoms with E-state index in [0.717, 1.165) is 10.1 Å². The molecule has 0 bridgehead atoms. The van der Waals surface area contributed by atoms with Crippen LogP contribution in [0, 0.1) is 0 Å². The van der Waals surface area contributed by atoms with Gasteiger partial charge in [-0.2, -0.15) is 11.8 Å². The molecule has 5 N–H and O–H groups in total. The SMILES string of the molecule is CSCC[C@H](NC(N)=O)C(=O)NNC(=O)c1sc2ccccc2c1Cl. The lowest BCUT2D eigenvalue weighted by atomic mass is 10.2. The second-order valence-corrected chi connectivity index (χ2v) is 7.44. The van der Waals surface area contributed by atoms with Crippen LogP contribution in [0.3, 0.4) is 0 Å². The second-order valence-electron chi connectivity index (χ2n) is 5.03. The highest BCUT2D eigenvalue weighted by Gasteiger charge is 2.21. The van der Waals surface area contributed by atoms with Crippen LogP contribution >= 0.6 is 34.7 Å². The first-order valence-corrected chi connectivity index (χ1v) is 9.85. The molecule has 0 saturated carbocycles. The van der Waals surface area contributed by atoms with Crippen LogP contribution in [0.4, 0.5) is 4.79 Å². The van der Waals surface area contributed by atoms with Gasteiger partial charge in [0, 0.05) is 10.1 Å². The van der Waals surface area contributed by atoms with Crippen molar-refractivity contribution in [3.63, 3.8) is 0 Å². The highest BCUT2D eigenvalue weighted by molar-refractivity contribution is 7.98. The minimum atomic E-state index is -0.830. The van der Waals surface area contributed by atoms with Crippen LogP contribution in [0.25, 0.3) is 10.1 Å². The van der Waals surface area contributed by atoms with E-state index >= 15 is 0 Å².